The Hall–Kier alpha value is -4.22. The Morgan fingerprint density at radius 2 is 1.61 bits per heavy atom. The molecule has 0 spiro atoms. The molecule has 1 aliphatic carbocycles. The molecule has 0 aliphatic heterocycles. The molecule has 0 saturated heterocycles. The molecule has 2 aromatic heterocycles. The molecule has 5 nitrogen and oxygen atoms in total. The Labute approximate surface area is 209 Å². The van der Waals surface area contributed by atoms with Gasteiger partial charge in [-0.3, -0.25) is 9.78 Å². The first kappa shape index (κ1) is 22.3. The van der Waals surface area contributed by atoms with Crippen LogP contribution < -0.4 is 15.9 Å². The number of rotatable bonds is 5. The zero-order valence-corrected chi connectivity index (χ0v) is 20.0. The summed E-state index contributed by atoms with van der Waals surface area (Å²) in [6.07, 6.45) is 4.76. The van der Waals surface area contributed by atoms with Gasteiger partial charge in [0.05, 0.1) is 18.1 Å². The molecular formula is C31H26N2O3. The third-order valence-electron chi connectivity index (χ3n) is 7.20. The van der Waals surface area contributed by atoms with Gasteiger partial charge < -0.3 is 14.9 Å². The number of nitrogens with two attached hydrogens (primary N) is 1. The number of benzene rings is 3. The number of ether oxygens (including phenoxy) is 1. The number of hydrogen-bond donors (Lipinski definition) is 1. The van der Waals surface area contributed by atoms with Crippen molar-refractivity contribution in [1.82, 2.24) is 4.98 Å². The summed E-state index contributed by atoms with van der Waals surface area (Å²) in [7, 11) is 1.62. The molecule has 1 fully saturated rings. The molecular weight excluding hydrogens is 448 g/mol. The number of methoxy groups -OCH3 is 1. The normalized spacial score (nSPS) is 14.4. The predicted octanol–water partition coefficient (Wildman–Crippen LogP) is 6.54. The first-order valence-electron chi connectivity index (χ1n) is 12.1. The SMILES string of the molecule is COc1ccccc1-c1nccc2c(=O)c(-c3ccc(C4(N)CCC4)cc3)c(-c3ccccc3)oc12. The number of aromatic nitrogens is 1. The molecule has 2 heterocycles. The third-order valence-corrected chi connectivity index (χ3v) is 7.20. The lowest BCUT2D eigenvalue weighted by Crippen LogP contribution is -2.43. The van der Waals surface area contributed by atoms with Crippen LogP contribution in [-0.4, -0.2) is 12.1 Å². The Balaban J connectivity index is 1.62. The van der Waals surface area contributed by atoms with Gasteiger partial charge in [-0.15, -0.1) is 0 Å². The van der Waals surface area contributed by atoms with E-state index in [4.69, 9.17) is 14.9 Å². The van der Waals surface area contributed by atoms with Crippen LogP contribution in [0.1, 0.15) is 24.8 Å². The van der Waals surface area contributed by atoms with E-state index >= 15 is 0 Å². The van der Waals surface area contributed by atoms with Gasteiger partial charge >= 0.3 is 0 Å². The first-order chi connectivity index (χ1) is 17.6. The molecule has 0 radical (unpaired) electrons. The van der Waals surface area contributed by atoms with Crippen molar-refractivity contribution in [3.8, 4) is 39.5 Å². The van der Waals surface area contributed by atoms with E-state index in [1.165, 1.54) is 0 Å². The van der Waals surface area contributed by atoms with Crippen molar-refractivity contribution >= 4 is 11.0 Å². The molecule has 0 unspecified atom stereocenters. The molecule has 0 atom stereocenters. The maximum atomic E-state index is 14.1. The maximum absolute atomic E-state index is 14.1. The van der Waals surface area contributed by atoms with Gasteiger partial charge in [-0.25, -0.2) is 0 Å². The largest absolute Gasteiger partial charge is 0.496 e. The van der Waals surface area contributed by atoms with E-state index < -0.39 is 0 Å². The Kier molecular flexibility index (Phi) is 5.42. The first-order valence-corrected chi connectivity index (χ1v) is 12.1. The molecule has 5 heteroatoms. The van der Waals surface area contributed by atoms with Crippen LogP contribution in [0, 0.1) is 0 Å². The topological polar surface area (TPSA) is 78.3 Å². The van der Waals surface area contributed by atoms with E-state index in [2.05, 4.69) is 4.98 Å². The molecule has 0 bridgehead atoms. The second kappa shape index (κ2) is 8.77. The van der Waals surface area contributed by atoms with Gasteiger partial charge in [0.1, 0.15) is 17.2 Å². The van der Waals surface area contributed by atoms with Gasteiger partial charge in [-0.05, 0) is 48.6 Å². The smallest absolute Gasteiger partial charge is 0.201 e. The highest BCUT2D eigenvalue weighted by molar-refractivity contribution is 5.96. The fraction of sp³-hybridized carbons (Fsp3) is 0.161. The number of para-hydroxylation sites is 1. The summed E-state index contributed by atoms with van der Waals surface area (Å²) in [4.78, 5) is 18.7. The fourth-order valence-electron chi connectivity index (χ4n) is 5.02. The van der Waals surface area contributed by atoms with Crippen LogP contribution in [0.4, 0.5) is 0 Å². The summed E-state index contributed by atoms with van der Waals surface area (Å²) in [6.45, 7) is 0. The number of hydrogen-bond acceptors (Lipinski definition) is 5. The van der Waals surface area contributed by atoms with Crippen LogP contribution in [0.5, 0.6) is 5.75 Å². The average molecular weight is 475 g/mol. The van der Waals surface area contributed by atoms with Crippen LogP contribution in [0.2, 0.25) is 0 Å². The molecule has 1 aliphatic rings. The van der Waals surface area contributed by atoms with E-state index in [-0.39, 0.29) is 11.0 Å². The quantitative estimate of drug-likeness (QED) is 0.313. The minimum atomic E-state index is -0.260. The van der Waals surface area contributed by atoms with Crippen LogP contribution in [0.25, 0.3) is 44.7 Å². The molecule has 6 rings (SSSR count). The summed E-state index contributed by atoms with van der Waals surface area (Å²) in [6, 6.07) is 27.1. The Morgan fingerprint density at radius 3 is 2.31 bits per heavy atom. The summed E-state index contributed by atoms with van der Waals surface area (Å²) in [5, 5.41) is 0.471. The zero-order valence-electron chi connectivity index (χ0n) is 20.0. The van der Waals surface area contributed by atoms with Gasteiger partial charge in [0.25, 0.3) is 0 Å². The van der Waals surface area contributed by atoms with Crippen molar-refractivity contribution in [2.75, 3.05) is 7.11 Å². The van der Waals surface area contributed by atoms with Crippen molar-refractivity contribution < 1.29 is 9.15 Å². The molecule has 5 aromatic rings. The molecule has 36 heavy (non-hydrogen) atoms. The average Bonchev–Trinajstić information content (AvgIpc) is 2.92. The van der Waals surface area contributed by atoms with Crippen molar-refractivity contribution in [3.63, 3.8) is 0 Å². The molecule has 2 N–H and O–H groups in total. The van der Waals surface area contributed by atoms with Crippen LogP contribution in [-0.2, 0) is 5.54 Å². The standard InChI is InChI=1S/C31H26N2O3/c1-35-25-11-6-5-10-23(25)27-30-24(16-19-33-27)28(34)26(29(36-30)21-8-3-2-4-9-21)20-12-14-22(15-13-20)31(32)17-7-18-31/h2-6,8-16,19H,7,17-18,32H2,1H3. The minimum absolute atomic E-state index is 0.104. The number of fused-ring (bicyclic) bond motifs is 1. The van der Waals surface area contributed by atoms with Crippen molar-refractivity contribution in [1.29, 1.82) is 0 Å². The highest BCUT2D eigenvalue weighted by atomic mass is 16.5. The molecule has 0 amide bonds. The summed E-state index contributed by atoms with van der Waals surface area (Å²) in [5.41, 5.74) is 11.2. The monoisotopic (exact) mass is 474 g/mol. The van der Waals surface area contributed by atoms with Crippen molar-refractivity contribution in [2.24, 2.45) is 5.73 Å². The van der Waals surface area contributed by atoms with E-state index in [1.54, 1.807) is 19.4 Å². The lowest BCUT2D eigenvalue weighted by Gasteiger charge is -2.38. The van der Waals surface area contributed by atoms with Gasteiger partial charge in [0.2, 0.25) is 5.43 Å². The van der Waals surface area contributed by atoms with Gasteiger partial charge in [-0.1, -0.05) is 66.7 Å². The van der Waals surface area contributed by atoms with E-state index in [0.29, 0.717) is 33.7 Å². The summed E-state index contributed by atoms with van der Waals surface area (Å²) < 4.78 is 12.2. The molecule has 178 valence electrons. The Bertz CT molecular complexity index is 1620. The highest BCUT2D eigenvalue weighted by Gasteiger charge is 2.34. The van der Waals surface area contributed by atoms with Gasteiger partial charge in [0, 0.05) is 22.9 Å². The number of nitrogens with zero attached hydrogens (tertiary/aromatic N) is 1. The van der Waals surface area contributed by atoms with Crippen LogP contribution in [0.15, 0.2) is 100 Å². The van der Waals surface area contributed by atoms with E-state index in [9.17, 15) is 4.79 Å². The fourth-order valence-corrected chi connectivity index (χ4v) is 5.02. The summed E-state index contributed by atoms with van der Waals surface area (Å²) >= 11 is 0. The second-order valence-corrected chi connectivity index (χ2v) is 9.32. The lowest BCUT2D eigenvalue weighted by atomic mass is 9.72. The van der Waals surface area contributed by atoms with Gasteiger partial charge in [-0.2, -0.15) is 0 Å². The second-order valence-electron chi connectivity index (χ2n) is 9.32. The number of pyridine rings is 1. The Morgan fingerprint density at radius 1 is 0.889 bits per heavy atom. The molecule has 1 saturated carbocycles. The predicted molar refractivity (Wildman–Crippen MR) is 143 cm³/mol. The minimum Gasteiger partial charge on any atom is -0.496 e. The van der Waals surface area contributed by atoms with Gasteiger partial charge in [0.15, 0.2) is 5.58 Å². The molecule has 3 aromatic carbocycles. The van der Waals surface area contributed by atoms with Crippen molar-refractivity contribution in [3.05, 3.63) is 107 Å². The van der Waals surface area contributed by atoms with Crippen LogP contribution in [0.3, 0.4) is 0 Å². The van der Waals surface area contributed by atoms with E-state index in [1.807, 2.05) is 78.9 Å². The van der Waals surface area contributed by atoms with E-state index in [0.717, 1.165) is 41.5 Å². The zero-order chi connectivity index (χ0) is 24.7. The highest BCUT2D eigenvalue weighted by Crippen LogP contribution is 2.41. The van der Waals surface area contributed by atoms with Crippen molar-refractivity contribution in [2.45, 2.75) is 24.8 Å². The lowest BCUT2D eigenvalue weighted by molar-refractivity contribution is 0.253. The summed E-state index contributed by atoms with van der Waals surface area (Å²) in [5.74, 6) is 1.17. The van der Waals surface area contributed by atoms with Crippen LogP contribution >= 0.6 is 0 Å². The third kappa shape index (κ3) is 3.60. The maximum Gasteiger partial charge on any atom is 0.201 e.